The van der Waals surface area contributed by atoms with Crippen LogP contribution in [0.4, 0.5) is 5.82 Å². The van der Waals surface area contributed by atoms with E-state index in [9.17, 15) is 0 Å². The average Bonchev–Trinajstić information content (AvgIpc) is 2.99. The highest BCUT2D eigenvalue weighted by Crippen LogP contribution is 2.18. The molecule has 0 fully saturated rings. The van der Waals surface area contributed by atoms with Crippen LogP contribution in [0.3, 0.4) is 0 Å². The van der Waals surface area contributed by atoms with Crippen molar-refractivity contribution in [1.82, 2.24) is 20.0 Å². The van der Waals surface area contributed by atoms with Gasteiger partial charge in [-0.25, -0.2) is 4.68 Å². The maximum atomic E-state index is 4.34. The van der Waals surface area contributed by atoms with Crippen LogP contribution < -0.4 is 10.6 Å². The normalized spacial score (nSPS) is 18.8. The first-order valence-electron chi connectivity index (χ1n) is 7.92. The van der Waals surface area contributed by atoms with Gasteiger partial charge in [0, 0.05) is 44.2 Å². The third-order valence-electron chi connectivity index (χ3n) is 4.30. The number of aromatic nitrogens is 2. The van der Waals surface area contributed by atoms with E-state index in [0.29, 0.717) is 12.0 Å². The summed E-state index contributed by atoms with van der Waals surface area (Å²) in [6.07, 6.45) is 1.86. The predicted molar refractivity (Wildman–Crippen MR) is 89.9 cm³/mol. The lowest BCUT2D eigenvalue weighted by atomic mass is 10.0. The van der Waals surface area contributed by atoms with E-state index < -0.39 is 0 Å². The second-order valence-corrected chi connectivity index (χ2v) is 6.19. The lowest BCUT2D eigenvalue weighted by molar-refractivity contribution is 0.279. The van der Waals surface area contributed by atoms with Crippen molar-refractivity contribution in [3.8, 4) is 0 Å². The van der Waals surface area contributed by atoms with E-state index in [1.54, 1.807) is 0 Å². The van der Waals surface area contributed by atoms with Gasteiger partial charge in [-0.2, -0.15) is 5.10 Å². The van der Waals surface area contributed by atoms with Crippen molar-refractivity contribution in [2.24, 2.45) is 5.92 Å². The lowest BCUT2D eigenvalue weighted by Crippen LogP contribution is -2.38. The van der Waals surface area contributed by atoms with Gasteiger partial charge in [0.25, 0.3) is 0 Å². The molecule has 0 amide bonds. The summed E-state index contributed by atoms with van der Waals surface area (Å²) < 4.78 is 2.05. The molecule has 0 spiro atoms. The molecule has 0 saturated heterocycles. The third-order valence-corrected chi connectivity index (χ3v) is 4.30. The van der Waals surface area contributed by atoms with Crippen LogP contribution >= 0.6 is 0 Å². The second-order valence-electron chi connectivity index (χ2n) is 6.19. The van der Waals surface area contributed by atoms with Gasteiger partial charge in [0.05, 0.1) is 6.20 Å². The van der Waals surface area contributed by atoms with Gasteiger partial charge in [-0.1, -0.05) is 30.3 Å². The second kappa shape index (κ2) is 6.94. The van der Waals surface area contributed by atoms with Gasteiger partial charge in [0.2, 0.25) is 0 Å². The van der Waals surface area contributed by atoms with Crippen molar-refractivity contribution in [1.29, 1.82) is 0 Å². The summed E-state index contributed by atoms with van der Waals surface area (Å²) in [5, 5.41) is 11.4. The third kappa shape index (κ3) is 3.48. The van der Waals surface area contributed by atoms with Gasteiger partial charge in [-0.3, -0.25) is 0 Å². The molecule has 5 heteroatoms. The highest BCUT2D eigenvalue weighted by atomic mass is 15.3. The molecule has 2 unspecified atom stereocenters. The summed E-state index contributed by atoms with van der Waals surface area (Å²) in [6.45, 7) is 3.96. The van der Waals surface area contributed by atoms with E-state index in [1.807, 2.05) is 12.3 Å². The monoisotopic (exact) mass is 299 g/mol. The number of fused-ring (bicyclic) bond motifs is 1. The summed E-state index contributed by atoms with van der Waals surface area (Å²) in [6, 6.07) is 13.1. The first kappa shape index (κ1) is 15.1. The van der Waals surface area contributed by atoms with Crippen LogP contribution in [-0.2, 0) is 6.54 Å². The zero-order valence-electron chi connectivity index (χ0n) is 13.4. The Kier molecular flexibility index (Phi) is 4.75. The number of hydrogen-bond donors (Lipinski definition) is 2. The highest BCUT2D eigenvalue weighted by Gasteiger charge is 2.19. The van der Waals surface area contributed by atoms with Gasteiger partial charge < -0.3 is 15.5 Å². The minimum atomic E-state index is 0.401. The molecule has 0 bridgehead atoms. The summed E-state index contributed by atoms with van der Waals surface area (Å²) >= 11 is 0. The minimum absolute atomic E-state index is 0.401. The van der Waals surface area contributed by atoms with E-state index in [0.717, 1.165) is 32.0 Å². The molecule has 3 rings (SSSR count). The van der Waals surface area contributed by atoms with Crippen molar-refractivity contribution in [3.63, 3.8) is 0 Å². The Bertz CT molecular complexity index is 578. The summed E-state index contributed by atoms with van der Waals surface area (Å²) in [5.74, 6) is 1.71. The van der Waals surface area contributed by atoms with Gasteiger partial charge in [-0.15, -0.1) is 0 Å². The molecule has 1 aliphatic rings. The largest absolute Gasteiger partial charge is 0.370 e. The quantitative estimate of drug-likeness (QED) is 0.854. The van der Waals surface area contributed by atoms with Crippen LogP contribution in [0.2, 0.25) is 0 Å². The van der Waals surface area contributed by atoms with Crippen molar-refractivity contribution in [3.05, 3.63) is 48.2 Å². The standard InChI is InChI=1S/C17H25N5/c1-21(2)16(15-6-4-3-5-7-15)12-18-10-14-11-19-17-8-9-20-22(17)13-14/h3-9,14,16,18-19H,10-13H2,1-2H3. The number of nitrogens with one attached hydrogen (secondary N) is 2. The zero-order valence-corrected chi connectivity index (χ0v) is 13.4. The first-order valence-corrected chi connectivity index (χ1v) is 7.92. The number of hydrogen-bond acceptors (Lipinski definition) is 4. The number of anilines is 1. The molecule has 1 aromatic carbocycles. The molecule has 2 aromatic rings. The molecular formula is C17H25N5. The Morgan fingerprint density at radius 2 is 2.14 bits per heavy atom. The highest BCUT2D eigenvalue weighted by molar-refractivity contribution is 5.35. The minimum Gasteiger partial charge on any atom is -0.370 e. The van der Waals surface area contributed by atoms with E-state index in [1.165, 1.54) is 5.56 Å². The Balaban J connectivity index is 1.51. The van der Waals surface area contributed by atoms with Gasteiger partial charge in [-0.05, 0) is 19.7 Å². The van der Waals surface area contributed by atoms with Crippen LogP contribution in [0.1, 0.15) is 11.6 Å². The molecule has 5 nitrogen and oxygen atoms in total. The molecule has 0 saturated carbocycles. The average molecular weight is 299 g/mol. The van der Waals surface area contributed by atoms with E-state index in [4.69, 9.17) is 0 Å². The van der Waals surface area contributed by atoms with Crippen molar-refractivity contribution >= 4 is 5.82 Å². The molecule has 0 radical (unpaired) electrons. The SMILES string of the molecule is CN(C)C(CNCC1CNc2ccnn2C1)c1ccccc1. The molecule has 118 valence electrons. The summed E-state index contributed by atoms with van der Waals surface area (Å²) in [4.78, 5) is 2.27. The Morgan fingerprint density at radius 1 is 1.32 bits per heavy atom. The molecule has 2 N–H and O–H groups in total. The van der Waals surface area contributed by atoms with E-state index in [-0.39, 0.29) is 0 Å². The molecule has 1 aromatic heterocycles. The molecule has 2 atom stereocenters. The summed E-state index contributed by atoms with van der Waals surface area (Å²) in [7, 11) is 4.27. The van der Waals surface area contributed by atoms with Gasteiger partial charge in [0.1, 0.15) is 5.82 Å². The summed E-state index contributed by atoms with van der Waals surface area (Å²) in [5.41, 5.74) is 1.36. The molecule has 0 aliphatic carbocycles. The van der Waals surface area contributed by atoms with Crippen molar-refractivity contribution < 1.29 is 0 Å². The van der Waals surface area contributed by atoms with E-state index in [2.05, 4.69) is 69.7 Å². The van der Waals surface area contributed by atoms with Crippen LogP contribution in [-0.4, -0.2) is 48.4 Å². The lowest BCUT2D eigenvalue weighted by Gasteiger charge is -2.28. The zero-order chi connectivity index (χ0) is 15.4. The number of rotatable bonds is 6. The predicted octanol–water partition coefficient (Wildman–Crippen LogP) is 1.82. The number of likely N-dealkylation sites (N-methyl/N-ethyl adjacent to an activating group) is 1. The first-order chi connectivity index (χ1) is 10.7. The Hall–Kier alpha value is -1.85. The van der Waals surface area contributed by atoms with Gasteiger partial charge in [0.15, 0.2) is 0 Å². The van der Waals surface area contributed by atoms with Gasteiger partial charge >= 0.3 is 0 Å². The fourth-order valence-electron chi connectivity index (χ4n) is 3.02. The Labute approximate surface area is 132 Å². The Morgan fingerprint density at radius 3 is 2.91 bits per heavy atom. The molecular weight excluding hydrogens is 274 g/mol. The van der Waals surface area contributed by atoms with Crippen LogP contribution in [0.25, 0.3) is 0 Å². The fourth-order valence-corrected chi connectivity index (χ4v) is 3.02. The fraction of sp³-hybridized carbons (Fsp3) is 0.471. The number of benzene rings is 1. The molecule has 1 aliphatic heterocycles. The molecule has 22 heavy (non-hydrogen) atoms. The van der Waals surface area contributed by atoms with Crippen molar-refractivity contribution in [2.75, 3.05) is 39.0 Å². The maximum absolute atomic E-state index is 4.34. The number of nitrogens with zero attached hydrogens (tertiary/aromatic N) is 3. The van der Waals surface area contributed by atoms with Crippen LogP contribution in [0.5, 0.6) is 0 Å². The maximum Gasteiger partial charge on any atom is 0.124 e. The molecule has 2 heterocycles. The van der Waals surface area contributed by atoms with Crippen molar-refractivity contribution in [2.45, 2.75) is 12.6 Å². The van der Waals surface area contributed by atoms with Crippen LogP contribution in [0.15, 0.2) is 42.6 Å². The topological polar surface area (TPSA) is 45.1 Å². The van der Waals surface area contributed by atoms with E-state index >= 15 is 0 Å². The van der Waals surface area contributed by atoms with Crippen LogP contribution in [0, 0.1) is 5.92 Å². The smallest absolute Gasteiger partial charge is 0.124 e.